The van der Waals surface area contributed by atoms with E-state index in [1.807, 2.05) is 79.0 Å². The molecule has 0 saturated carbocycles. The van der Waals surface area contributed by atoms with Crippen molar-refractivity contribution in [3.05, 3.63) is 212 Å². The summed E-state index contributed by atoms with van der Waals surface area (Å²) in [7, 11) is 0. The second-order valence-corrected chi connectivity index (χ2v) is 16.3. The maximum absolute atomic E-state index is 6.47. The quantitative estimate of drug-likeness (QED) is 0.158. The normalized spacial score (nSPS) is 11.6. The summed E-state index contributed by atoms with van der Waals surface area (Å²) in [4.78, 5) is 30.3. The Labute approximate surface area is 378 Å². The van der Waals surface area contributed by atoms with E-state index in [0.717, 1.165) is 77.5 Å². The van der Waals surface area contributed by atoms with E-state index >= 15 is 0 Å². The van der Waals surface area contributed by atoms with Gasteiger partial charge in [-0.1, -0.05) is 170 Å². The molecule has 13 aromatic rings. The van der Waals surface area contributed by atoms with Gasteiger partial charge >= 0.3 is 0 Å². The van der Waals surface area contributed by atoms with Gasteiger partial charge in [0, 0.05) is 56.0 Å². The van der Waals surface area contributed by atoms with Gasteiger partial charge in [-0.2, -0.15) is 0 Å². The Morgan fingerprint density at radius 2 is 0.894 bits per heavy atom. The molecule has 66 heavy (non-hydrogen) atoms. The standard InChI is InChI=1S/C58H35N7O/c1-3-15-38(16-4-1)51-53-52(61-56(60-51)43-31-28-36-14-7-8-19-41(36)32-43)48-34-44(35-59-58(48)66-53)37-26-29-40(30-27-37)55-62-54(39-17-5-2-6-18-39)63-57(64-55)42-20-13-21-45(33-42)65-49-24-11-9-22-46(49)47-23-10-12-25-50(47)65/h1-35H. The van der Waals surface area contributed by atoms with Crippen LogP contribution in [-0.4, -0.2) is 34.5 Å². The predicted octanol–water partition coefficient (Wildman–Crippen LogP) is 14.2. The fourth-order valence-electron chi connectivity index (χ4n) is 9.08. The van der Waals surface area contributed by atoms with Crippen molar-refractivity contribution in [3.8, 4) is 73.6 Å². The van der Waals surface area contributed by atoms with Crippen molar-refractivity contribution in [2.75, 3.05) is 0 Å². The zero-order valence-electron chi connectivity index (χ0n) is 35.2. The first-order chi connectivity index (χ1) is 32.7. The maximum Gasteiger partial charge on any atom is 0.229 e. The Morgan fingerprint density at radius 1 is 0.348 bits per heavy atom. The number of fused-ring (bicyclic) bond motifs is 7. The predicted molar refractivity (Wildman–Crippen MR) is 265 cm³/mol. The van der Waals surface area contributed by atoms with Gasteiger partial charge in [-0.25, -0.2) is 29.9 Å². The summed E-state index contributed by atoms with van der Waals surface area (Å²) >= 11 is 0. The molecule has 0 radical (unpaired) electrons. The topological polar surface area (TPSA) is 95.4 Å². The minimum Gasteiger partial charge on any atom is -0.434 e. The molecule has 0 atom stereocenters. The fraction of sp³-hybridized carbons (Fsp3) is 0. The van der Waals surface area contributed by atoms with Gasteiger partial charge in [0.05, 0.1) is 16.4 Å². The number of benzene rings is 8. The number of para-hydroxylation sites is 2. The first kappa shape index (κ1) is 37.4. The Bertz CT molecular complexity index is 3940. The summed E-state index contributed by atoms with van der Waals surface area (Å²) in [5.74, 6) is 2.39. The highest BCUT2D eigenvalue weighted by atomic mass is 16.3. The smallest absolute Gasteiger partial charge is 0.229 e. The van der Waals surface area contributed by atoms with Crippen LogP contribution in [0.4, 0.5) is 0 Å². The van der Waals surface area contributed by atoms with Crippen LogP contribution in [0, 0.1) is 0 Å². The molecule has 0 spiro atoms. The number of hydrogen-bond donors (Lipinski definition) is 0. The molecule has 5 aromatic heterocycles. The Balaban J connectivity index is 0.900. The van der Waals surface area contributed by atoms with Crippen LogP contribution in [0.3, 0.4) is 0 Å². The zero-order valence-corrected chi connectivity index (χ0v) is 35.2. The lowest BCUT2D eigenvalue weighted by Gasteiger charge is -2.12. The molecule has 0 aliphatic carbocycles. The Kier molecular flexibility index (Phi) is 8.67. The van der Waals surface area contributed by atoms with Crippen LogP contribution in [0.25, 0.3) is 128 Å². The van der Waals surface area contributed by atoms with Gasteiger partial charge in [0.25, 0.3) is 0 Å². The number of furan rings is 1. The first-order valence-electron chi connectivity index (χ1n) is 21.8. The highest BCUT2D eigenvalue weighted by Crippen LogP contribution is 2.38. The molecule has 308 valence electrons. The number of hydrogen-bond acceptors (Lipinski definition) is 7. The van der Waals surface area contributed by atoms with E-state index in [1.54, 1.807) is 0 Å². The van der Waals surface area contributed by atoms with E-state index in [2.05, 4.69) is 138 Å². The monoisotopic (exact) mass is 845 g/mol. The van der Waals surface area contributed by atoms with E-state index in [4.69, 9.17) is 34.3 Å². The van der Waals surface area contributed by atoms with Crippen molar-refractivity contribution < 1.29 is 4.42 Å². The molecular weight excluding hydrogens is 811 g/mol. The second-order valence-electron chi connectivity index (χ2n) is 16.3. The molecule has 0 aliphatic rings. The van der Waals surface area contributed by atoms with E-state index in [-0.39, 0.29) is 0 Å². The maximum atomic E-state index is 6.47. The number of nitrogens with zero attached hydrogens (tertiary/aromatic N) is 7. The van der Waals surface area contributed by atoms with Crippen LogP contribution in [0.15, 0.2) is 217 Å². The van der Waals surface area contributed by atoms with Crippen molar-refractivity contribution in [2.24, 2.45) is 0 Å². The highest BCUT2D eigenvalue weighted by molar-refractivity contribution is 6.09. The van der Waals surface area contributed by atoms with E-state index in [1.165, 1.54) is 10.8 Å². The van der Waals surface area contributed by atoms with Crippen LogP contribution < -0.4 is 0 Å². The molecule has 0 saturated heterocycles. The lowest BCUT2D eigenvalue weighted by molar-refractivity contribution is 0.653. The van der Waals surface area contributed by atoms with Gasteiger partial charge in [0.2, 0.25) is 5.71 Å². The molecule has 13 rings (SSSR count). The van der Waals surface area contributed by atoms with Crippen LogP contribution in [0.1, 0.15) is 0 Å². The summed E-state index contributed by atoms with van der Waals surface area (Å²) in [5, 5.41) is 5.52. The summed E-state index contributed by atoms with van der Waals surface area (Å²) in [5.41, 5.74) is 12.3. The molecule has 0 bridgehead atoms. The van der Waals surface area contributed by atoms with Crippen LogP contribution in [0.5, 0.6) is 0 Å². The highest BCUT2D eigenvalue weighted by Gasteiger charge is 2.21. The Morgan fingerprint density at radius 3 is 1.62 bits per heavy atom. The van der Waals surface area contributed by atoms with Gasteiger partial charge in [-0.15, -0.1) is 0 Å². The minimum absolute atomic E-state index is 0.501. The van der Waals surface area contributed by atoms with Crippen molar-refractivity contribution >= 4 is 54.8 Å². The van der Waals surface area contributed by atoms with Crippen molar-refractivity contribution in [3.63, 3.8) is 0 Å². The van der Waals surface area contributed by atoms with E-state index in [0.29, 0.717) is 40.1 Å². The SMILES string of the molecule is c1ccc(-c2nc(-c3ccc(-c4cnc5oc6c(-c7ccccc7)nc(-c7ccc8ccccc8c7)nc6c5c4)cc3)nc(-c3cccc(-n4c5ccccc5c5ccccc54)c3)n2)cc1. The molecule has 8 heteroatoms. The Hall–Kier alpha value is -9.14. The van der Waals surface area contributed by atoms with Gasteiger partial charge in [0.15, 0.2) is 28.9 Å². The van der Waals surface area contributed by atoms with Crippen LogP contribution in [0.2, 0.25) is 0 Å². The molecule has 8 aromatic carbocycles. The number of aromatic nitrogens is 7. The third kappa shape index (κ3) is 6.39. The van der Waals surface area contributed by atoms with Crippen LogP contribution in [-0.2, 0) is 0 Å². The minimum atomic E-state index is 0.501. The molecular formula is C58H35N7O. The molecule has 5 heterocycles. The molecule has 0 fully saturated rings. The summed E-state index contributed by atoms with van der Waals surface area (Å²) < 4.78 is 8.78. The molecule has 0 unspecified atom stereocenters. The lowest BCUT2D eigenvalue weighted by atomic mass is 10.0. The molecule has 8 nitrogen and oxygen atoms in total. The van der Waals surface area contributed by atoms with Gasteiger partial charge in [0.1, 0.15) is 11.2 Å². The van der Waals surface area contributed by atoms with Gasteiger partial charge < -0.3 is 8.98 Å². The number of rotatable bonds is 7. The summed E-state index contributed by atoms with van der Waals surface area (Å²) in [6.45, 7) is 0. The van der Waals surface area contributed by atoms with Crippen LogP contribution >= 0.6 is 0 Å². The average Bonchev–Trinajstić information content (AvgIpc) is 3.94. The second kappa shape index (κ2) is 15.3. The largest absolute Gasteiger partial charge is 0.434 e. The molecule has 0 amide bonds. The molecule has 0 N–H and O–H groups in total. The third-order valence-corrected chi connectivity index (χ3v) is 12.3. The van der Waals surface area contributed by atoms with Gasteiger partial charge in [-0.05, 0) is 52.7 Å². The first-order valence-corrected chi connectivity index (χ1v) is 21.8. The fourth-order valence-corrected chi connectivity index (χ4v) is 9.08. The lowest BCUT2D eigenvalue weighted by Crippen LogP contribution is -2.01. The third-order valence-electron chi connectivity index (χ3n) is 12.3. The summed E-state index contributed by atoms with van der Waals surface area (Å²) in [6.07, 6.45) is 1.85. The molecule has 0 aliphatic heterocycles. The summed E-state index contributed by atoms with van der Waals surface area (Å²) in [6, 6.07) is 70.7. The van der Waals surface area contributed by atoms with Crippen molar-refractivity contribution in [2.45, 2.75) is 0 Å². The van der Waals surface area contributed by atoms with Crippen molar-refractivity contribution in [1.29, 1.82) is 0 Å². The van der Waals surface area contributed by atoms with Gasteiger partial charge in [-0.3, -0.25) is 0 Å². The van der Waals surface area contributed by atoms with Crippen molar-refractivity contribution in [1.82, 2.24) is 34.5 Å². The van der Waals surface area contributed by atoms with E-state index in [9.17, 15) is 0 Å². The zero-order chi connectivity index (χ0) is 43.6. The van der Waals surface area contributed by atoms with E-state index < -0.39 is 0 Å². The number of pyridine rings is 1. The average molecular weight is 846 g/mol.